The van der Waals surface area contributed by atoms with Crippen LogP contribution < -0.4 is 5.32 Å². The minimum atomic E-state index is -1.11. The number of carbonyl (C=O) groups is 2. The lowest BCUT2D eigenvalue weighted by Gasteiger charge is -2.30. The normalized spacial score (nSPS) is 24.2. The first kappa shape index (κ1) is 12.1. The minimum absolute atomic E-state index is 0.129. The summed E-state index contributed by atoms with van der Waals surface area (Å²) in [5.74, 6) is -1.53. The Morgan fingerprint density at radius 3 is 2.82 bits per heavy atom. The van der Waals surface area contributed by atoms with Crippen molar-refractivity contribution in [3.05, 3.63) is 34.3 Å². The number of ether oxygens (including phenoxy) is 1. The molecule has 17 heavy (non-hydrogen) atoms. The average Bonchev–Trinajstić information content (AvgIpc) is 2.30. The third-order valence-electron chi connectivity index (χ3n) is 2.49. The molecule has 1 heterocycles. The lowest BCUT2D eigenvalue weighted by molar-refractivity contribution is -0.154. The molecule has 1 fully saturated rings. The van der Waals surface area contributed by atoms with Crippen LogP contribution in [-0.2, 0) is 14.3 Å². The zero-order valence-electron chi connectivity index (χ0n) is 8.72. The number of aliphatic carboxylic acids is 1. The first-order chi connectivity index (χ1) is 8.09. The van der Waals surface area contributed by atoms with Gasteiger partial charge in [0.1, 0.15) is 12.7 Å². The van der Waals surface area contributed by atoms with Crippen molar-refractivity contribution >= 4 is 27.8 Å². The Balaban J connectivity index is 2.33. The number of benzene rings is 1. The molecule has 2 N–H and O–H groups in total. The molecule has 0 aliphatic carbocycles. The van der Waals surface area contributed by atoms with Crippen LogP contribution in [0, 0.1) is 0 Å². The Hall–Kier alpha value is -1.40. The fourth-order valence-electron chi connectivity index (χ4n) is 1.72. The van der Waals surface area contributed by atoms with Crippen LogP contribution in [0.5, 0.6) is 0 Å². The third kappa shape index (κ3) is 2.48. The van der Waals surface area contributed by atoms with E-state index in [0.29, 0.717) is 5.56 Å². The Kier molecular flexibility index (Phi) is 3.44. The van der Waals surface area contributed by atoms with Crippen LogP contribution in [0.2, 0.25) is 0 Å². The van der Waals surface area contributed by atoms with E-state index >= 15 is 0 Å². The van der Waals surface area contributed by atoms with Gasteiger partial charge in [0, 0.05) is 4.47 Å². The summed E-state index contributed by atoms with van der Waals surface area (Å²) in [6, 6.07) is 6.12. The smallest absolute Gasteiger partial charge is 0.329 e. The van der Waals surface area contributed by atoms with Crippen LogP contribution in [-0.4, -0.2) is 29.6 Å². The van der Waals surface area contributed by atoms with Crippen LogP contribution in [0.4, 0.5) is 0 Å². The van der Waals surface area contributed by atoms with Gasteiger partial charge in [-0.3, -0.25) is 4.79 Å². The maximum Gasteiger partial charge on any atom is 0.329 e. The van der Waals surface area contributed by atoms with Crippen LogP contribution in [0.15, 0.2) is 28.7 Å². The quantitative estimate of drug-likeness (QED) is 0.857. The van der Waals surface area contributed by atoms with E-state index in [2.05, 4.69) is 21.2 Å². The molecule has 90 valence electrons. The number of nitrogens with one attached hydrogen (secondary N) is 1. The molecule has 5 nitrogen and oxygen atoms in total. The molecule has 1 aliphatic heterocycles. The lowest BCUT2D eigenvalue weighted by atomic mass is 10.0. The highest BCUT2D eigenvalue weighted by atomic mass is 79.9. The summed E-state index contributed by atoms with van der Waals surface area (Å²) in [6.45, 7) is -0.129. The van der Waals surface area contributed by atoms with Crippen molar-refractivity contribution in [2.24, 2.45) is 0 Å². The molecule has 0 radical (unpaired) electrons. The van der Waals surface area contributed by atoms with Gasteiger partial charge in [0.2, 0.25) is 5.91 Å². The second-order valence-electron chi connectivity index (χ2n) is 3.64. The first-order valence-corrected chi connectivity index (χ1v) is 5.77. The highest BCUT2D eigenvalue weighted by molar-refractivity contribution is 9.10. The molecule has 0 aromatic heterocycles. The summed E-state index contributed by atoms with van der Waals surface area (Å²) < 4.78 is 6.06. The molecule has 1 aliphatic rings. The van der Waals surface area contributed by atoms with E-state index in [-0.39, 0.29) is 6.61 Å². The van der Waals surface area contributed by atoms with E-state index in [9.17, 15) is 9.59 Å². The van der Waals surface area contributed by atoms with Gasteiger partial charge < -0.3 is 15.2 Å². The highest BCUT2D eigenvalue weighted by Gasteiger charge is 2.36. The third-order valence-corrected chi connectivity index (χ3v) is 3.21. The highest BCUT2D eigenvalue weighted by Crippen LogP contribution is 2.30. The summed E-state index contributed by atoms with van der Waals surface area (Å²) in [4.78, 5) is 22.2. The van der Waals surface area contributed by atoms with Crippen molar-refractivity contribution in [3.8, 4) is 0 Å². The molecule has 1 amide bonds. The molecule has 0 spiro atoms. The summed E-state index contributed by atoms with van der Waals surface area (Å²) in [5.41, 5.74) is 0.708. The molecule has 2 unspecified atom stereocenters. The van der Waals surface area contributed by atoms with Gasteiger partial charge in [0.05, 0.1) is 0 Å². The average molecular weight is 300 g/mol. The van der Waals surface area contributed by atoms with Gasteiger partial charge in [-0.1, -0.05) is 34.1 Å². The standard InChI is InChI=1S/C11H10BrNO4/c12-7-4-2-1-3-6(7)10-9(11(15)16)13-8(14)5-17-10/h1-4,9-10H,5H2,(H,13,14)(H,15,16). The van der Waals surface area contributed by atoms with Gasteiger partial charge in [-0.2, -0.15) is 0 Å². The fourth-order valence-corrected chi connectivity index (χ4v) is 2.23. The van der Waals surface area contributed by atoms with E-state index in [1.54, 1.807) is 18.2 Å². The van der Waals surface area contributed by atoms with E-state index in [4.69, 9.17) is 9.84 Å². The molecular weight excluding hydrogens is 290 g/mol. The number of hydrogen-bond acceptors (Lipinski definition) is 3. The summed E-state index contributed by atoms with van der Waals surface area (Å²) in [5, 5.41) is 11.5. The number of carbonyl (C=O) groups excluding carboxylic acids is 1. The fraction of sp³-hybridized carbons (Fsp3) is 0.273. The maximum atomic E-state index is 11.1. The number of halogens is 1. The minimum Gasteiger partial charge on any atom is -0.480 e. The Bertz CT molecular complexity index is 463. The van der Waals surface area contributed by atoms with Crippen molar-refractivity contribution < 1.29 is 19.4 Å². The molecule has 6 heteroatoms. The van der Waals surface area contributed by atoms with Crippen LogP contribution in [0.1, 0.15) is 11.7 Å². The maximum absolute atomic E-state index is 11.1. The Morgan fingerprint density at radius 2 is 2.18 bits per heavy atom. The van der Waals surface area contributed by atoms with Crippen molar-refractivity contribution in [1.29, 1.82) is 0 Å². The summed E-state index contributed by atoms with van der Waals surface area (Å²) in [6.07, 6.45) is -0.680. The molecule has 0 bridgehead atoms. The monoisotopic (exact) mass is 299 g/mol. The van der Waals surface area contributed by atoms with Gasteiger partial charge in [0.25, 0.3) is 0 Å². The van der Waals surface area contributed by atoms with Crippen molar-refractivity contribution in [2.45, 2.75) is 12.1 Å². The molecule has 1 aromatic carbocycles. The molecule has 1 aromatic rings. The molecule has 0 saturated carbocycles. The second-order valence-corrected chi connectivity index (χ2v) is 4.49. The lowest BCUT2D eigenvalue weighted by Crippen LogP contribution is -2.51. The Morgan fingerprint density at radius 1 is 1.47 bits per heavy atom. The largest absolute Gasteiger partial charge is 0.480 e. The zero-order valence-corrected chi connectivity index (χ0v) is 10.3. The van der Waals surface area contributed by atoms with Crippen LogP contribution in [0.3, 0.4) is 0 Å². The number of carboxylic acids is 1. The van der Waals surface area contributed by atoms with Gasteiger partial charge >= 0.3 is 5.97 Å². The number of carboxylic acid groups (broad SMARTS) is 1. The molecular formula is C11H10BrNO4. The summed E-state index contributed by atoms with van der Waals surface area (Å²) in [7, 11) is 0. The van der Waals surface area contributed by atoms with E-state index in [1.165, 1.54) is 0 Å². The van der Waals surface area contributed by atoms with Gasteiger partial charge in [-0.05, 0) is 11.6 Å². The number of rotatable bonds is 2. The predicted molar refractivity (Wildman–Crippen MR) is 62.4 cm³/mol. The Labute approximate surface area is 106 Å². The van der Waals surface area contributed by atoms with E-state index < -0.39 is 24.0 Å². The van der Waals surface area contributed by atoms with Crippen molar-refractivity contribution in [1.82, 2.24) is 5.32 Å². The van der Waals surface area contributed by atoms with Crippen LogP contribution in [0.25, 0.3) is 0 Å². The second kappa shape index (κ2) is 4.85. The van der Waals surface area contributed by atoms with Gasteiger partial charge in [-0.25, -0.2) is 4.79 Å². The number of morpholine rings is 1. The van der Waals surface area contributed by atoms with E-state index in [1.807, 2.05) is 6.07 Å². The molecule has 2 atom stereocenters. The molecule has 1 saturated heterocycles. The van der Waals surface area contributed by atoms with Gasteiger partial charge in [0.15, 0.2) is 6.04 Å². The predicted octanol–water partition coefficient (Wildman–Crippen LogP) is 1.09. The van der Waals surface area contributed by atoms with Crippen molar-refractivity contribution in [2.75, 3.05) is 6.61 Å². The van der Waals surface area contributed by atoms with E-state index in [0.717, 1.165) is 4.47 Å². The number of hydrogen-bond donors (Lipinski definition) is 2. The van der Waals surface area contributed by atoms with Crippen molar-refractivity contribution in [3.63, 3.8) is 0 Å². The topological polar surface area (TPSA) is 75.6 Å². The first-order valence-electron chi connectivity index (χ1n) is 4.98. The van der Waals surface area contributed by atoms with Gasteiger partial charge in [-0.15, -0.1) is 0 Å². The molecule has 2 rings (SSSR count). The van der Waals surface area contributed by atoms with Crippen LogP contribution >= 0.6 is 15.9 Å². The number of amides is 1. The SMILES string of the molecule is O=C1COC(c2ccccc2Br)C(C(=O)O)N1. The summed E-state index contributed by atoms with van der Waals surface area (Å²) >= 11 is 3.34. The zero-order chi connectivity index (χ0) is 12.4.